The summed E-state index contributed by atoms with van der Waals surface area (Å²) in [5.41, 5.74) is 0.899. The van der Waals surface area contributed by atoms with Gasteiger partial charge in [0, 0.05) is 16.4 Å². The number of allylic oxidation sites excluding steroid dienone is 1. The molecule has 0 amide bonds. The number of carbonyl (C=O) groups excluding carboxylic acids is 2. The van der Waals surface area contributed by atoms with Crippen LogP contribution in [0.2, 0.25) is 0 Å². The van der Waals surface area contributed by atoms with E-state index in [4.69, 9.17) is 13.9 Å². The molecule has 1 saturated carbocycles. The molecule has 6 atom stereocenters. The van der Waals surface area contributed by atoms with Crippen LogP contribution in [-0.2, 0) is 19.1 Å². The maximum absolute atomic E-state index is 12.8. The first-order chi connectivity index (χ1) is 12.8. The number of cyclic esters (lactones) is 1. The predicted octanol–water partition coefficient (Wildman–Crippen LogP) is 3.17. The molecule has 0 radical (unpaired) electrons. The van der Waals surface area contributed by atoms with E-state index in [1.54, 1.807) is 12.5 Å². The minimum Gasteiger partial charge on any atom is -0.472 e. The number of rotatable bonds is 2. The second kappa shape index (κ2) is 6.23. The van der Waals surface area contributed by atoms with E-state index in [1.165, 1.54) is 7.11 Å². The summed E-state index contributed by atoms with van der Waals surface area (Å²) < 4.78 is 15.9. The summed E-state index contributed by atoms with van der Waals surface area (Å²) in [6.07, 6.45) is 6.23. The van der Waals surface area contributed by atoms with Gasteiger partial charge < -0.3 is 19.0 Å². The van der Waals surface area contributed by atoms with Gasteiger partial charge in [-0.25, -0.2) is 0 Å². The van der Waals surface area contributed by atoms with Crippen LogP contribution in [0.4, 0.5) is 0 Å². The Bertz CT molecular complexity index is 781. The molecule has 1 aliphatic heterocycles. The van der Waals surface area contributed by atoms with Gasteiger partial charge in [-0.2, -0.15) is 0 Å². The molecule has 2 fully saturated rings. The Balaban J connectivity index is 1.78. The van der Waals surface area contributed by atoms with Crippen molar-refractivity contribution in [2.45, 2.75) is 51.7 Å². The standard InChI is InChI=1S/C21H26O6/c1-20-6-4-14-19(24)27-16(12-5-7-26-11-12)10-21(14,2)17(20)9-13(22)8-15(20)18(23)25-3/h5,7,9,11,13-16,22H,4,6,8,10H2,1-3H3/t13-,14-,15-,16-,20-,21-/m0/s1. The van der Waals surface area contributed by atoms with Crippen LogP contribution >= 0.6 is 0 Å². The normalized spacial score (nSPS) is 41.0. The number of aliphatic hydroxyl groups is 1. The Hall–Kier alpha value is -2.08. The van der Waals surface area contributed by atoms with Crippen molar-refractivity contribution in [3.8, 4) is 0 Å². The lowest BCUT2D eigenvalue weighted by atomic mass is 9.47. The molecule has 6 nitrogen and oxygen atoms in total. The van der Waals surface area contributed by atoms with E-state index in [-0.39, 0.29) is 17.9 Å². The monoisotopic (exact) mass is 374 g/mol. The SMILES string of the molecule is COC(=O)[C@@H]1C[C@H](O)C=C2[C@@]1(C)CC[C@H]1C(=O)O[C@H](c3ccoc3)C[C@]21C. The molecular formula is C21H26O6. The summed E-state index contributed by atoms with van der Waals surface area (Å²) >= 11 is 0. The largest absolute Gasteiger partial charge is 0.472 e. The van der Waals surface area contributed by atoms with E-state index in [0.717, 1.165) is 11.1 Å². The molecular weight excluding hydrogens is 348 g/mol. The molecule has 0 bridgehead atoms. The van der Waals surface area contributed by atoms with Gasteiger partial charge in [0.25, 0.3) is 0 Å². The molecule has 3 aliphatic rings. The van der Waals surface area contributed by atoms with Gasteiger partial charge in [0.1, 0.15) is 6.10 Å². The topological polar surface area (TPSA) is 86.0 Å². The molecule has 1 aromatic rings. The summed E-state index contributed by atoms with van der Waals surface area (Å²) in [6.45, 7) is 4.14. The average molecular weight is 374 g/mol. The van der Waals surface area contributed by atoms with Crippen molar-refractivity contribution < 1.29 is 28.6 Å². The van der Waals surface area contributed by atoms with Crippen LogP contribution in [0.15, 0.2) is 34.7 Å². The lowest BCUT2D eigenvalue weighted by Crippen LogP contribution is -2.55. The first kappa shape index (κ1) is 18.3. The Kier molecular flexibility index (Phi) is 4.22. The average Bonchev–Trinajstić information content (AvgIpc) is 3.16. The molecule has 0 aromatic carbocycles. The molecule has 2 aliphatic carbocycles. The van der Waals surface area contributed by atoms with Crippen LogP contribution in [0.3, 0.4) is 0 Å². The van der Waals surface area contributed by atoms with Crippen molar-refractivity contribution in [3.05, 3.63) is 35.8 Å². The summed E-state index contributed by atoms with van der Waals surface area (Å²) in [5.74, 6) is -1.20. The molecule has 6 heteroatoms. The van der Waals surface area contributed by atoms with Crippen molar-refractivity contribution in [3.63, 3.8) is 0 Å². The molecule has 1 aromatic heterocycles. The zero-order valence-corrected chi connectivity index (χ0v) is 15.9. The van der Waals surface area contributed by atoms with E-state index in [0.29, 0.717) is 25.7 Å². The number of carbonyl (C=O) groups is 2. The van der Waals surface area contributed by atoms with E-state index in [1.807, 2.05) is 12.1 Å². The Morgan fingerprint density at radius 3 is 2.78 bits per heavy atom. The minimum absolute atomic E-state index is 0.215. The van der Waals surface area contributed by atoms with Crippen molar-refractivity contribution in [1.82, 2.24) is 0 Å². The molecule has 2 heterocycles. The molecule has 146 valence electrons. The maximum Gasteiger partial charge on any atom is 0.310 e. The molecule has 1 saturated heterocycles. The zero-order chi connectivity index (χ0) is 19.4. The highest BCUT2D eigenvalue weighted by molar-refractivity contribution is 5.78. The van der Waals surface area contributed by atoms with Gasteiger partial charge in [-0.1, -0.05) is 25.5 Å². The molecule has 1 N–H and O–H groups in total. The number of aliphatic hydroxyl groups excluding tert-OH is 1. The fraction of sp³-hybridized carbons (Fsp3) is 0.619. The first-order valence-corrected chi connectivity index (χ1v) is 9.51. The predicted molar refractivity (Wildman–Crippen MR) is 95.3 cm³/mol. The third-order valence-electron chi connectivity index (χ3n) is 7.11. The van der Waals surface area contributed by atoms with E-state index in [2.05, 4.69) is 13.8 Å². The van der Waals surface area contributed by atoms with Crippen LogP contribution in [0.1, 0.15) is 51.2 Å². The Labute approximate surface area is 158 Å². The second-order valence-corrected chi connectivity index (χ2v) is 8.57. The molecule has 27 heavy (non-hydrogen) atoms. The van der Waals surface area contributed by atoms with Crippen molar-refractivity contribution in [2.24, 2.45) is 22.7 Å². The number of esters is 2. The van der Waals surface area contributed by atoms with E-state index < -0.39 is 29.0 Å². The quantitative estimate of drug-likeness (QED) is 0.632. The molecule has 4 rings (SSSR count). The number of fused-ring (bicyclic) bond motifs is 3. The Morgan fingerprint density at radius 1 is 1.33 bits per heavy atom. The van der Waals surface area contributed by atoms with Gasteiger partial charge in [-0.05, 0) is 31.7 Å². The van der Waals surface area contributed by atoms with Crippen molar-refractivity contribution in [2.75, 3.05) is 7.11 Å². The van der Waals surface area contributed by atoms with E-state index >= 15 is 0 Å². The first-order valence-electron chi connectivity index (χ1n) is 9.51. The summed E-state index contributed by atoms with van der Waals surface area (Å²) in [6, 6.07) is 1.81. The fourth-order valence-corrected chi connectivity index (χ4v) is 5.66. The van der Waals surface area contributed by atoms with Gasteiger partial charge >= 0.3 is 11.9 Å². The van der Waals surface area contributed by atoms with Crippen LogP contribution in [0, 0.1) is 22.7 Å². The fourth-order valence-electron chi connectivity index (χ4n) is 5.66. The number of methoxy groups -OCH3 is 1. The van der Waals surface area contributed by atoms with Crippen molar-refractivity contribution >= 4 is 11.9 Å². The number of hydrogen-bond donors (Lipinski definition) is 1. The van der Waals surface area contributed by atoms with Crippen LogP contribution in [-0.4, -0.2) is 30.3 Å². The highest BCUT2D eigenvalue weighted by Gasteiger charge is 2.60. The van der Waals surface area contributed by atoms with Gasteiger partial charge in [0.15, 0.2) is 0 Å². The number of furan rings is 1. The van der Waals surface area contributed by atoms with Gasteiger partial charge in [-0.3, -0.25) is 9.59 Å². The summed E-state index contributed by atoms with van der Waals surface area (Å²) in [7, 11) is 1.39. The van der Waals surface area contributed by atoms with Gasteiger partial charge in [0.2, 0.25) is 0 Å². The minimum atomic E-state index is -0.724. The maximum atomic E-state index is 12.8. The third-order valence-corrected chi connectivity index (χ3v) is 7.11. The lowest BCUT2D eigenvalue weighted by Gasteiger charge is -2.57. The third kappa shape index (κ3) is 2.64. The summed E-state index contributed by atoms with van der Waals surface area (Å²) in [4.78, 5) is 25.3. The van der Waals surface area contributed by atoms with Crippen LogP contribution < -0.4 is 0 Å². The van der Waals surface area contributed by atoms with Gasteiger partial charge in [-0.15, -0.1) is 0 Å². The van der Waals surface area contributed by atoms with E-state index in [9.17, 15) is 14.7 Å². The smallest absolute Gasteiger partial charge is 0.310 e. The molecule has 0 spiro atoms. The lowest BCUT2D eigenvalue weighted by molar-refractivity contribution is -0.177. The Morgan fingerprint density at radius 2 is 2.11 bits per heavy atom. The van der Waals surface area contributed by atoms with Crippen LogP contribution in [0.5, 0.6) is 0 Å². The van der Waals surface area contributed by atoms with Crippen molar-refractivity contribution in [1.29, 1.82) is 0 Å². The number of ether oxygens (including phenoxy) is 2. The summed E-state index contributed by atoms with van der Waals surface area (Å²) in [5, 5.41) is 10.5. The van der Waals surface area contributed by atoms with Crippen LogP contribution in [0.25, 0.3) is 0 Å². The van der Waals surface area contributed by atoms with Gasteiger partial charge in [0.05, 0.1) is 37.6 Å². The number of hydrogen-bond acceptors (Lipinski definition) is 6. The molecule has 0 unspecified atom stereocenters. The highest BCUT2D eigenvalue weighted by Crippen LogP contribution is 2.64. The second-order valence-electron chi connectivity index (χ2n) is 8.57. The zero-order valence-electron chi connectivity index (χ0n) is 15.9. The highest BCUT2D eigenvalue weighted by atomic mass is 16.5.